The molecule has 3 aromatic rings. The molecule has 128 valence electrons. The van der Waals surface area contributed by atoms with E-state index >= 15 is 0 Å². The van der Waals surface area contributed by atoms with Crippen molar-refractivity contribution in [3.05, 3.63) is 54.1 Å². The van der Waals surface area contributed by atoms with Crippen LogP contribution in [0.25, 0.3) is 16.6 Å². The first-order chi connectivity index (χ1) is 11.5. The highest BCUT2D eigenvalue weighted by molar-refractivity contribution is 7.39. The van der Waals surface area contributed by atoms with Crippen LogP contribution in [0.3, 0.4) is 0 Å². The van der Waals surface area contributed by atoms with Gasteiger partial charge in [-0.05, 0) is 43.2 Å². The molecule has 0 aliphatic rings. The molecule has 0 spiro atoms. The standard InChI is InChI=1S/C18H22BN2OP3/c1-11-15-9-6-13(10-21(15)16(20-11)17(2,19)23)12-4-7-14(8-5-12)22-18(3,24)25/h4-10H,23-25H2,1-3H3. The lowest BCUT2D eigenvalue weighted by Gasteiger charge is -2.21. The molecule has 0 aliphatic carbocycles. The van der Waals surface area contributed by atoms with Crippen LogP contribution >= 0.6 is 27.7 Å². The summed E-state index contributed by atoms with van der Waals surface area (Å²) in [5.74, 6) is 1.66. The molecular formula is C18H22BN2OP3. The normalized spacial score (nSPS) is 14.5. The van der Waals surface area contributed by atoms with Crippen LogP contribution in [-0.4, -0.2) is 22.3 Å². The number of aromatic nitrogens is 2. The van der Waals surface area contributed by atoms with Crippen molar-refractivity contribution in [2.45, 2.75) is 30.9 Å². The van der Waals surface area contributed by atoms with Gasteiger partial charge in [-0.1, -0.05) is 43.6 Å². The predicted octanol–water partition coefficient (Wildman–Crippen LogP) is 4.33. The van der Waals surface area contributed by atoms with E-state index in [1.54, 1.807) is 0 Å². The summed E-state index contributed by atoms with van der Waals surface area (Å²) in [6, 6.07) is 12.3. The molecule has 0 amide bonds. The minimum Gasteiger partial charge on any atom is -0.480 e. The first kappa shape index (κ1) is 18.8. The van der Waals surface area contributed by atoms with Gasteiger partial charge in [0.1, 0.15) is 16.7 Å². The van der Waals surface area contributed by atoms with E-state index in [4.69, 9.17) is 12.6 Å². The van der Waals surface area contributed by atoms with E-state index in [9.17, 15) is 0 Å². The molecule has 4 unspecified atom stereocenters. The van der Waals surface area contributed by atoms with E-state index in [1.165, 1.54) is 0 Å². The van der Waals surface area contributed by atoms with Crippen molar-refractivity contribution >= 4 is 41.1 Å². The molecule has 0 saturated heterocycles. The number of rotatable bonds is 4. The zero-order valence-corrected chi connectivity index (χ0v) is 18.1. The van der Waals surface area contributed by atoms with Gasteiger partial charge in [-0.25, -0.2) is 4.98 Å². The third-order valence-corrected chi connectivity index (χ3v) is 4.32. The van der Waals surface area contributed by atoms with Crippen molar-refractivity contribution in [2.75, 3.05) is 0 Å². The van der Waals surface area contributed by atoms with Crippen LogP contribution in [0.4, 0.5) is 0 Å². The first-order valence-electron chi connectivity index (χ1n) is 7.99. The van der Waals surface area contributed by atoms with Gasteiger partial charge in [-0.15, -0.1) is 9.24 Å². The number of nitrogens with zero attached hydrogens (tertiary/aromatic N) is 2. The van der Waals surface area contributed by atoms with E-state index in [0.29, 0.717) is 0 Å². The summed E-state index contributed by atoms with van der Waals surface area (Å²) >= 11 is 0. The van der Waals surface area contributed by atoms with Gasteiger partial charge in [0.25, 0.3) is 0 Å². The van der Waals surface area contributed by atoms with Crippen LogP contribution in [0.15, 0.2) is 42.6 Å². The fraction of sp³-hybridized carbons (Fsp3) is 0.278. The summed E-state index contributed by atoms with van der Waals surface area (Å²) in [6.07, 6.45) is 2.09. The third-order valence-electron chi connectivity index (χ3n) is 3.83. The van der Waals surface area contributed by atoms with Crippen molar-refractivity contribution in [2.24, 2.45) is 0 Å². The van der Waals surface area contributed by atoms with Gasteiger partial charge in [0.15, 0.2) is 0 Å². The van der Waals surface area contributed by atoms with Gasteiger partial charge >= 0.3 is 0 Å². The lowest BCUT2D eigenvalue weighted by molar-refractivity contribution is 0.275. The second-order valence-electron chi connectivity index (χ2n) is 6.79. The molecule has 2 radical (unpaired) electrons. The molecule has 0 saturated carbocycles. The molecule has 0 N–H and O–H groups in total. The second-order valence-corrected chi connectivity index (χ2v) is 10.9. The molecule has 2 aromatic heterocycles. The van der Waals surface area contributed by atoms with Crippen molar-refractivity contribution < 1.29 is 4.74 Å². The van der Waals surface area contributed by atoms with Crippen molar-refractivity contribution in [1.29, 1.82) is 0 Å². The Morgan fingerprint density at radius 1 is 1.00 bits per heavy atom. The lowest BCUT2D eigenvalue weighted by atomic mass is 9.87. The van der Waals surface area contributed by atoms with Gasteiger partial charge in [-0.3, -0.25) is 0 Å². The zero-order chi connectivity index (χ0) is 18.4. The highest BCUT2D eigenvalue weighted by Gasteiger charge is 2.21. The third kappa shape index (κ3) is 4.25. The lowest BCUT2D eigenvalue weighted by Crippen LogP contribution is -2.16. The molecule has 0 aliphatic heterocycles. The Labute approximate surface area is 157 Å². The smallest absolute Gasteiger partial charge is 0.131 e. The van der Waals surface area contributed by atoms with Crippen molar-refractivity contribution in [3.8, 4) is 16.9 Å². The Morgan fingerprint density at radius 2 is 1.60 bits per heavy atom. The Bertz CT molecular complexity index is 909. The molecule has 4 atom stereocenters. The molecule has 7 heteroatoms. The summed E-state index contributed by atoms with van der Waals surface area (Å²) < 4.78 is 7.90. The molecule has 0 fully saturated rings. The van der Waals surface area contributed by atoms with Crippen LogP contribution in [0.2, 0.25) is 0 Å². The molecule has 2 heterocycles. The highest BCUT2D eigenvalue weighted by Crippen LogP contribution is 2.33. The number of fused-ring (bicyclic) bond motifs is 1. The number of hydrogen-bond acceptors (Lipinski definition) is 2. The topological polar surface area (TPSA) is 26.5 Å². The van der Waals surface area contributed by atoms with Crippen molar-refractivity contribution in [3.63, 3.8) is 0 Å². The number of hydrogen-bond donors (Lipinski definition) is 0. The van der Waals surface area contributed by atoms with Crippen LogP contribution in [0.5, 0.6) is 5.75 Å². The van der Waals surface area contributed by atoms with E-state index in [1.807, 2.05) is 32.9 Å². The molecule has 25 heavy (non-hydrogen) atoms. The van der Waals surface area contributed by atoms with Crippen LogP contribution < -0.4 is 4.74 Å². The summed E-state index contributed by atoms with van der Waals surface area (Å²) in [5.41, 5.74) is 4.26. The summed E-state index contributed by atoms with van der Waals surface area (Å²) in [5, 5.41) is -0.955. The molecule has 0 bridgehead atoms. The van der Waals surface area contributed by atoms with E-state index in [2.05, 4.69) is 67.6 Å². The maximum absolute atomic E-state index is 6.26. The molecule has 3 rings (SSSR count). The monoisotopic (exact) mass is 386 g/mol. The summed E-state index contributed by atoms with van der Waals surface area (Å²) in [6.45, 7) is 5.91. The summed E-state index contributed by atoms with van der Waals surface area (Å²) in [4.78, 5) is 4.64. The van der Waals surface area contributed by atoms with E-state index in [-0.39, 0.29) is 5.08 Å². The van der Waals surface area contributed by atoms with Gasteiger partial charge in [0.2, 0.25) is 0 Å². The van der Waals surface area contributed by atoms with Gasteiger partial charge in [0, 0.05) is 11.3 Å². The van der Waals surface area contributed by atoms with Gasteiger partial charge < -0.3 is 9.14 Å². The average molecular weight is 386 g/mol. The quantitative estimate of drug-likeness (QED) is 0.493. The van der Waals surface area contributed by atoms with Gasteiger partial charge in [-0.2, -0.15) is 0 Å². The van der Waals surface area contributed by atoms with E-state index in [0.717, 1.165) is 33.9 Å². The van der Waals surface area contributed by atoms with Crippen LogP contribution in [0.1, 0.15) is 25.4 Å². The number of aryl methyl sites for hydroxylation is 1. The largest absolute Gasteiger partial charge is 0.480 e. The predicted molar refractivity (Wildman–Crippen MR) is 117 cm³/mol. The fourth-order valence-electron chi connectivity index (χ4n) is 2.76. The summed E-state index contributed by atoms with van der Waals surface area (Å²) in [7, 11) is 14.2. The number of ether oxygens (including phenoxy) is 1. The number of benzene rings is 1. The fourth-order valence-corrected chi connectivity index (χ4v) is 3.24. The maximum atomic E-state index is 6.26. The van der Waals surface area contributed by atoms with Crippen LogP contribution in [0, 0.1) is 6.92 Å². The minimum absolute atomic E-state index is 0.367. The highest BCUT2D eigenvalue weighted by atomic mass is 31.1. The Hall–Kier alpha value is -0.935. The maximum Gasteiger partial charge on any atom is 0.131 e. The van der Waals surface area contributed by atoms with Crippen LogP contribution in [-0.2, 0) is 5.06 Å². The van der Waals surface area contributed by atoms with Crippen molar-refractivity contribution in [1.82, 2.24) is 9.38 Å². The molecular weight excluding hydrogens is 364 g/mol. The molecule has 3 nitrogen and oxygen atoms in total. The first-order valence-corrected chi connectivity index (χ1v) is 9.72. The minimum atomic E-state index is -0.588. The Balaban J connectivity index is 2.02. The second kappa shape index (κ2) is 6.66. The number of imidazole rings is 1. The van der Waals surface area contributed by atoms with Gasteiger partial charge in [0.05, 0.1) is 19.1 Å². The average Bonchev–Trinajstić information content (AvgIpc) is 2.83. The zero-order valence-electron chi connectivity index (χ0n) is 14.7. The van der Waals surface area contributed by atoms with E-state index < -0.39 is 5.06 Å². The SMILES string of the molecule is [B]C(C)(P)c1nc(C)c2ccc(-c3ccc(OC(C)(P)P)cc3)cn12. The Kier molecular flexibility index (Phi) is 5.02. The number of pyridine rings is 1. The molecule has 1 aromatic carbocycles. The Morgan fingerprint density at radius 3 is 2.16 bits per heavy atom.